The maximum Gasteiger partial charge on any atom is 0.219 e. The Balaban J connectivity index is 1.73. The van der Waals surface area contributed by atoms with Gasteiger partial charge in [0.2, 0.25) is 5.91 Å². The topological polar surface area (TPSA) is 61.0 Å². The quantitative estimate of drug-likeness (QED) is 0.816. The predicted molar refractivity (Wildman–Crippen MR) is 65.4 cm³/mol. The van der Waals surface area contributed by atoms with Crippen molar-refractivity contribution in [3.05, 3.63) is 17.7 Å². The maximum atomic E-state index is 11.2. The van der Waals surface area contributed by atoms with Gasteiger partial charge in [-0.05, 0) is 19.8 Å². The number of imidazole rings is 1. The van der Waals surface area contributed by atoms with Crippen LogP contribution >= 0.6 is 0 Å². The standard InChI is InChI=1S/C12H20N4O/c1-9-13-7-12(15-9)8-14-11-3-5-16(6-4-11)10(2)17/h7,11,14H,3-6,8H2,1-2H3,(H,13,15). The second-order valence-electron chi connectivity index (χ2n) is 4.66. The van der Waals surface area contributed by atoms with Crippen molar-refractivity contribution < 1.29 is 4.79 Å². The third kappa shape index (κ3) is 3.30. The summed E-state index contributed by atoms with van der Waals surface area (Å²) in [6.45, 7) is 6.16. The van der Waals surface area contributed by atoms with E-state index in [9.17, 15) is 4.79 Å². The van der Waals surface area contributed by atoms with E-state index in [1.54, 1.807) is 6.92 Å². The minimum atomic E-state index is 0.188. The third-order valence-electron chi connectivity index (χ3n) is 3.28. The summed E-state index contributed by atoms with van der Waals surface area (Å²) in [4.78, 5) is 20.5. The van der Waals surface area contributed by atoms with Crippen LogP contribution < -0.4 is 5.32 Å². The predicted octanol–water partition coefficient (Wildman–Crippen LogP) is 0.819. The molecule has 0 spiro atoms. The van der Waals surface area contributed by atoms with E-state index in [1.165, 1.54) is 0 Å². The van der Waals surface area contributed by atoms with E-state index in [4.69, 9.17) is 0 Å². The molecule has 5 heteroatoms. The smallest absolute Gasteiger partial charge is 0.219 e. The number of carbonyl (C=O) groups is 1. The molecule has 94 valence electrons. The van der Waals surface area contributed by atoms with Gasteiger partial charge in [0.1, 0.15) is 5.82 Å². The molecule has 1 amide bonds. The fraction of sp³-hybridized carbons (Fsp3) is 0.667. The number of hydrogen-bond donors (Lipinski definition) is 2. The van der Waals surface area contributed by atoms with Crippen LogP contribution in [-0.2, 0) is 11.3 Å². The van der Waals surface area contributed by atoms with Gasteiger partial charge in [-0.3, -0.25) is 4.79 Å². The van der Waals surface area contributed by atoms with E-state index in [0.717, 1.165) is 44.0 Å². The Hall–Kier alpha value is -1.36. The Morgan fingerprint density at radius 2 is 2.29 bits per heavy atom. The molecule has 5 nitrogen and oxygen atoms in total. The summed E-state index contributed by atoms with van der Waals surface area (Å²) < 4.78 is 0. The van der Waals surface area contributed by atoms with Gasteiger partial charge in [-0.25, -0.2) is 4.98 Å². The van der Waals surface area contributed by atoms with Gasteiger partial charge in [0.15, 0.2) is 0 Å². The first-order chi connectivity index (χ1) is 8.15. The number of aromatic nitrogens is 2. The first-order valence-electron chi connectivity index (χ1n) is 6.14. The van der Waals surface area contributed by atoms with Crippen LogP contribution in [0.15, 0.2) is 6.20 Å². The number of hydrogen-bond acceptors (Lipinski definition) is 3. The zero-order valence-corrected chi connectivity index (χ0v) is 10.5. The van der Waals surface area contributed by atoms with Crippen LogP contribution in [0, 0.1) is 6.92 Å². The molecule has 0 aromatic carbocycles. The molecule has 17 heavy (non-hydrogen) atoms. The average Bonchev–Trinajstić information content (AvgIpc) is 2.73. The Kier molecular flexibility index (Phi) is 3.78. The number of piperidine rings is 1. The van der Waals surface area contributed by atoms with Crippen LogP contribution in [-0.4, -0.2) is 39.9 Å². The molecule has 1 aliphatic heterocycles. The van der Waals surface area contributed by atoms with E-state index in [2.05, 4.69) is 15.3 Å². The first kappa shape index (κ1) is 12.1. The van der Waals surface area contributed by atoms with Crippen LogP contribution in [0.5, 0.6) is 0 Å². The molecule has 1 fully saturated rings. The number of nitrogens with one attached hydrogen (secondary N) is 2. The molecule has 0 atom stereocenters. The average molecular weight is 236 g/mol. The third-order valence-corrected chi connectivity index (χ3v) is 3.28. The second-order valence-corrected chi connectivity index (χ2v) is 4.66. The number of carbonyl (C=O) groups excluding carboxylic acids is 1. The lowest BCUT2D eigenvalue weighted by Gasteiger charge is -2.31. The van der Waals surface area contributed by atoms with Crippen molar-refractivity contribution >= 4 is 5.91 Å². The molecule has 1 aliphatic rings. The Bertz CT molecular complexity index is 380. The molecule has 1 saturated heterocycles. The van der Waals surface area contributed by atoms with Crippen molar-refractivity contribution in [2.24, 2.45) is 0 Å². The van der Waals surface area contributed by atoms with Crippen molar-refractivity contribution in [1.82, 2.24) is 20.2 Å². The van der Waals surface area contributed by atoms with E-state index in [-0.39, 0.29) is 5.91 Å². The van der Waals surface area contributed by atoms with Crippen LogP contribution in [0.2, 0.25) is 0 Å². The maximum absolute atomic E-state index is 11.2. The van der Waals surface area contributed by atoms with Gasteiger partial charge in [0.05, 0.1) is 0 Å². The summed E-state index contributed by atoms with van der Waals surface area (Å²) in [6.07, 6.45) is 3.94. The highest BCUT2D eigenvalue weighted by Crippen LogP contribution is 2.10. The molecule has 2 N–H and O–H groups in total. The summed E-state index contributed by atoms with van der Waals surface area (Å²) in [7, 11) is 0. The second kappa shape index (κ2) is 5.31. The largest absolute Gasteiger partial charge is 0.345 e. The number of rotatable bonds is 3. The number of likely N-dealkylation sites (tertiary alicyclic amines) is 1. The number of aromatic amines is 1. The van der Waals surface area contributed by atoms with Crippen LogP contribution in [0.4, 0.5) is 0 Å². The summed E-state index contributed by atoms with van der Waals surface area (Å²) in [5.41, 5.74) is 1.12. The molecule has 2 rings (SSSR count). The van der Waals surface area contributed by atoms with Crippen molar-refractivity contribution in [2.45, 2.75) is 39.3 Å². The SMILES string of the molecule is CC(=O)N1CCC(NCc2cnc(C)[nH]2)CC1. The van der Waals surface area contributed by atoms with Crippen molar-refractivity contribution in [2.75, 3.05) is 13.1 Å². The summed E-state index contributed by atoms with van der Waals surface area (Å²) in [5, 5.41) is 3.50. The van der Waals surface area contributed by atoms with Gasteiger partial charge in [-0.1, -0.05) is 0 Å². The fourth-order valence-electron chi connectivity index (χ4n) is 2.21. The molecular formula is C12H20N4O. The van der Waals surface area contributed by atoms with Crippen molar-refractivity contribution in [3.63, 3.8) is 0 Å². The van der Waals surface area contributed by atoms with Gasteiger partial charge in [-0.2, -0.15) is 0 Å². The molecular weight excluding hydrogens is 216 g/mol. The van der Waals surface area contributed by atoms with Crippen LogP contribution in [0.25, 0.3) is 0 Å². The Labute approximate surface area is 102 Å². The molecule has 0 radical (unpaired) electrons. The molecule has 1 aromatic rings. The Morgan fingerprint density at radius 1 is 1.59 bits per heavy atom. The van der Waals surface area contributed by atoms with Crippen LogP contribution in [0.3, 0.4) is 0 Å². The van der Waals surface area contributed by atoms with E-state index >= 15 is 0 Å². The minimum absolute atomic E-state index is 0.188. The highest BCUT2D eigenvalue weighted by molar-refractivity contribution is 5.73. The van der Waals surface area contributed by atoms with E-state index in [1.807, 2.05) is 18.0 Å². The molecule has 0 bridgehead atoms. The lowest BCUT2D eigenvalue weighted by Crippen LogP contribution is -2.43. The monoisotopic (exact) mass is 236 g/mol. The lowest BCUT2D eigenvalue weighted by atomic mass is 10.1. The highest BCUT2D eigenvalue weighted by atomic mass is 16.2. The van der Waals surface area contributed by atoms with Crippen LogP contribution in [0.1, 0.15) is 31.3 Å². The molecule has 2 heterocycles. The van der Waals surface area contributed by atoms with E-state index in [0.29, 0.717) is 6.04 Å². The number of amides is 1. The fourth-order valence-corrected chi connectivity index (χ4v) is 2.21. The van der Waals surface area contributed by atoms with Gasteiger partial charge < -0.3 is 15.2 Å². The Morgan fingerprint density at radius 3 is 2.82 bits per heavy atom. The minimum Gasteiger partial charge on any atom is -0.345 e. The van der Waals surface area contributed by atoms with Gasteiger partial charge in [-0.15, -0.1) is 0 Å². The summed E-state index contributed by atoms with van der Waals surface area (Å²) >= 11 is 0. The van der Waals surface area contributed by atoms with E-state index < -0.39 is 0 Å². The van der Waals surface area contributed by atoms with Gasteiger partial charge in [0.25, 0.3) is 0 Å². The highest BCUT2D eigenvalue weighted by Gasteiger charge is 2.20. The molecule has 0 unspecified atom stereocenters. The van der Waals surface area contributed by atoms with Gasteiger partial charge in [0, 0.05) is 44.5 Å². The first-order valence-corrected chi connectivity index (χ1v) is 6.14. The summed E-state index contributed by atoms with van der Waals surface area (Å²) in [5.74, 6) is 1.14. The van der Waals surface area contributed by atoms with Crippen molar-refractivity contribution in [1.29, 1.82) is 0 Å². The zero-order chi connectivity index (χ0) is 12.3. The molecule has 0 saturated carbocycles. The normalized spacial score (nSPS) is 17.4. The number of nitrogens with zero attached hydrogens (tertiary/aromatic N) is 2. The molecule has 1 aromatic heterocycles. The number of H-pyrrole nitrogens is 1. The molecule has 0 aliphatic carbocycles. The lowest BCUT2D eigenvalue weighted by molar-refractivity contribution is -0.129. The van der Waals surface area contributed by atoms with Gasteiger partial charge >= 0.3 is 0 Å². The summed E-state index contributed by atoms with van der Waals surface area (Å²) in [6, 6.07) is 0.509. The number of aryl methyl sites for hydroxylation is 1. The zero-order valence-electron chi connectivity index (χ0n) is 10.5. The van der Waals surface area contributed by atoms with Crippen molar-refractivity contribution in [3.8, 4) is 0 Å².